The molecule has 0 aliphatic rings. The third-order valence-electron chi connectivity index (χ3n) is 2.68. The zero-order chi connectivity index (χ0) is 14.8. The number of alkyl halides is 3. The SMILES string of the molecule is CC(O)C(c1cc(C#N)nc(C(F)(F)F)c1)C(C)O.[Fe]. The van der Waals surface area contributed by atoms with Crippen LogP contribution < -0.4 is 0 Å². The summed E-state index contributed by atoms with van der Waals surface area (Å²) >= 11 is 0. The standard InChI is InChI=1S/C12H13F3N2O2.Fe/c1-6(18)11(7(2)19)8-3-9(5-16)17-10(4-8)12(13,14)15;/h3-4,6-7,11,18-19H,1-2H3;. The number of aromatic nitrogens is 1. The fourth-order valence-electron chi connectivity index (χ4n) is 1.91. The summed E-state index contributed by atoms with van der Waals surface area (Å²) < 4.78 is 38.0. The van der Waals surface area contributed by atoms with Gasteiger partial charge in [0.05, 0.1) is 12.2 Å². The van der Waals surface area contributed by atoms with Crippen LogP contribution in [0, 0.1) is 11.3 Å². The van der Waals surface area contributed by atoms with Crippen molar-refractivity contribution in [1.29, 1.82) is 5.26 Å². The molecule has 1 aromatic heterocycles. The van der Waals surface area contributed by atoms with Gasteiger partial charge in [0.15, 0.2) is 0 Å². The molecule has 2 atom stereocenters. The molecule has 4 nitrogen and oxygen atoms in total. The van der Waals surface area contributed by atoms with Crippen LogP contribution in [-0.4, -0.2) is 27.4 Å². The van der Waals surface area contributed by atoms with Gasteiger partial charge in [-0.2, -0.15) is 18.4 Å². The van der Waals surface area contributed by atoms with Gasteiger partial charge >= 0.3 is 6.18 Å². The molecule has 0 radical (unpaired) electrons. The third kappa shape index (κ3) is 4.46. The van der Waals surface area contributed by atoms with E-state index in [2.05, 4.69) is 4.98 Å². The normalized spacial score (nSPS) is 15.7. The maximum absolute atomic E-state index is 12.7. The summed E-state index contributed by atoms with van der Waals surface area (Å²) in [5, 5.41) is 27.8. The van der Waals surface area contributed by atoms with Crippen LogP contribution in [0.3, 0.4) is 0 Å². The van der Waals surface area contributed by atoms with Crippen molar-refractivity contribution >= 4 is 0 Å². The summed E-state index contributed by atoms with van der Waals surface area (Å²) in [6.07, 6.45) is -6.81. The summed E-state index contributed by atoms with van der Waals surface area (Å²) in [5.41, 5.74) is -1.59. The number of hydrogen-bond acceptors (Lipinski definition) is 4. The Hall–Kier alpha value is -1.13. The van der Waals surface area contributed by atoms with Gasteiger partial charge in [0, 0.05) is 23.0 Å². The molecule has 0 spiro atoms. The number of pyridine rings is 1. The molecule has 0 aliphatic carbocycles. The first-order valence-corrected chi connectivity index (χ1v) is 5.52. The minimum atomic E-state index is -4.69. The van der Waals surface area contributed by atoms with E-state index in [0.29, 0.717) is 0 Å². The molecule has 8 heteroatoms. The Morgan fingerprint density at radius 3 is 2.05 bits per heavy atom. The second-order valence-corrected chi connectivity index (χ2v) is 4.29. The molecule has 1 rings (SSSR count). The topological polar surface area (TPSA) is 77.1 Å². The van der Waals surface area contributed by atoms with Crippen molar-refractivity contribution < 1.29 is 40.5 Å². The van der Waals surface area contributed by atoms with Crippen molar-refractivity contribution in [2.24, 2.45) is 0 Å². The molecular weight excluding hydrogens is 317 g/mol. The predicted molar refractivity (Wildman–Crippen MR) is 60.1 cm³/mol. The monoisotopic (exact) mass is 330 g/mol. The Bertz CT molecular complexity index is 490. The Kier molecular flexibility index (Phi) is 6.65. The number of rotatable bonds is 3. The third-order valence-corrected chi connectivity index (χ3v) is 2.68. The fraction of sp³-hybridized carbons (Fsp3) is 0.500. The van der Waals surface area contributed by atoms with E-state index in [1.807, 2.05) is 0 Å². The van der Waals surface area contributed by atoms with E-state index in [1.165, 1.54) is 19.9 Å². The molecule has 0 aromatic carbocycles. The number of aliphatic hydroxyl groups is 2. The van der Waals surface area contributed by atoms with E-state index < -0.39 is 35.7 Å². The van der Waals surface area contributed by atoms with E-state index in [0.717, 1.165) is 12.1 Å². The summed E-state index contributed by atoms with van der Waals surface area (Å²) in [4.78, 5) is 3.17. The number of nitrogens with zero attached hydrogens (tertiary/aromatic N) is 2. The molecule has 1 heterocycles. The second-order valence-electron chi connectivity index (χ2n) is 4.29. The molecular formula is C12H13F3FeN2O2. The van der Waals surface area contributed by atoms with Gasteiger partial charge in [-0.15, -0.1) is 0 Å². The van der Waals surface area contributed by atoms with Crippen molar-refractivity contribution in [3.63, 3.8) is 0 Å². The first kappa shape index (κ1) is 18.9. The molecule has 0 bridgehead atoms. The molecule has 0 saturated carbocycles. The van der Waals surface area contributed by atoms with E-state index >= 15 is 0 Å². The maximum atomic E-state index is 12.7. The van der Waals surface area contributed by atoms with Gasteiger partial charge in [-0.1, -0.05) is 0 Å². The van der Waals surface area contributed by atoms with Gasteiger partial charge in [0.25, 0.3) is 0 Å². The van der Waals surface area contributed by atoms with Crippen molar-refractivity contribution in [1.82, 2.24) is 4.98 Å². The quantitative estimate of drug-likeness (QED) is 0.829. The van der Waals surface area contributed by atoms with Gasteiger partial charge in [-0.3, -0.25) is 0 Å². The molecule has 0 amide bonds. The van der Waals surface area contributed by atoms with E-state index in [4.69, 9.17) is 5.26 Å². The number of hydrogen-bond donors (Lipinski definition) is 2. The van der Waals surface area contributed by atoms with Crippen molar-refractivity contribution in [2.75, 3.05) is 0 Å². The maximum Gasteiger partial charge on any atom is 0.433 e. The van der Waals surface area contributed by atoms with Crippen molar-refractivity contribution in [3.8, 4) is 6.07 Å². The minimum absolute atomic E-state index is 0. The molecule has 2 N–H and O–H groups in total. The molecule has 112 valence electrons. The van der Waals surface area contributed by atoms with Gasteiger partial charge < -0.3 is 10.2 Å². The zero-order valence-electron chi connectivity index (χ0n) is 10.7. The van der Waals surface area contributed by atoms with Gasteiger partial charge in [0.1, 0.15) is 17.5 Å². The zero-order valence-corrected chi connectivity index (χ0v) is 11.8. The van der Waals surface area contributed by atoms with Crippen LogP contribution >= 0.6 is 0 Å². The first-order chi connectivity index (χ1) is 8.66. The Labute approximate surface area is 124 Å². The van der Waals surface area contributed by atoms with Crippen molar-refractivity contribution in [2.45, 2.75) is 38.1 Å². The largest absolute Gasteiger partial charge is 0.433 e. The molecule has 0 fully saturated rings. The Morgan fingerprint density at radius 2 is 1.70 bits per heavy atom. The van der Waals surface area contributed by atoms with Crippen LogP contribution in [0.4, 0.5) is 13.2 Å². The van der Waals surface area contributed by atoms with E-state index in [-0.39, 0.29) is 22.6 Å². The van der Waals surface area contributed by atoms with Crippen LogP contribution in [0.1, 0.15) is 36.7 Å². The predicted octanol–water partition coefficient (Wildman–Crippen LogP) is 1.81. The summed E-state index contributed by atoms with van der Waals surface area (Å²) in [6, 6.07) is 3.42. The molecule has 2 unspecified atom stereocenters. The van der Waals surface area contributed by atoms with Gasteiger partial charge in [-0.05, 0) is 31.5 Å². The number of aliphatic hydroxyl groups excluding tert-OH is 2. The van der Waals surface area contributed by atoms with Crippen molar-refractivity contribution in [3.05, 3.63) is 29.1 Å². The molecule has 20 heavy (non-hydrogen) atoms. The van der Waals surface area contributed by atoms with E-state index in [1.54, 1.807) is 0 Å². The van der Waals surface area contributed by atoms with Crippen LogP contribution in [0.5, 0.6) is 0 Å². The Morgan fingerprint density at radius 1 is 1.20 bits per heavy atom. The van der Waals surface area contributed by atoms with Gasteiger partial charge in [-0.25, -0.2) is 4.98 Å². The summed E-state index contributed by atoms with van der Waals surface area (Å²) in [5.74, 6) is -0.920. The number of halogens is 3. The smallest absolute Gasteiger partial charge is 0.393 e. The molecule has 0 saturated heterocycles. The average Bonchev–Trinajstić information content (AvgIpc) is 2.26. The second kappa shape index (κ2) is 7.04. The van der Waals surface area contributed by atoms with Crippen LogP contribution in [0.2, 0.25) is 0 Å². The fourth-order valence-corrected chi connectivity index (χ4v) is 1.91. The van der Waals surface area contributed by atoms with Crippen LogP contribution in [-0.2, 0) is 23.2 Å². The van der Waals surface area contributed by atoms with Gasteiger partial charge in [0.2, 0.25) is 0 Å². The molecule has 0 aliphatic heterocycles. The van der Waals surface area contributed by atoms with Crippen LogP contribution in [0.25, 0.3) is 0 Å². The van der Waals surface area contributed by atoms with E-state index in [9.17, 15) is 23.4 Å². The summed E-state index contributed by atoms with van der Waals surface area (Å²) in [6.45, 7) is 2.72. The first-order valence-electron chi connectivity index (χ1n) is 5.52. The average molecular weight is 330 g/mol. The minimum Gasteiger partial charge on any atom is -0.393 e. The molecule has 1 aromatic rings. The number of nitriles is 1. The Balaban J connectivity index is 0.00000361. The summed E-state index contributed by atoms with van der Waals surface area (Å²) in [7, 11) is 0. The van der Waals surface area contributed by atoms with Crippen LogP contribution in [0.15, 0.2) is 12.1 Å².